The number of ether oxygens (including phenoxy) is 1. The van der Waals surface area contributed by atoms with E-state index >= 15 is 0 Å². The first-order valence-corrected chi connectivity index (χ1v) is 13.1. The molecule has 0 aliphatic carbocycles. The van der Waals surface area contributed by atoms with E-state index < -0.39 is 20.0 Å². The van der Waals surface area contributed by atoms with Crippen molar-refractivity contribution in [2.24, 2.45) is 0 Å². The number of hydrogen-bond donors (Lipinski definition) is 2. The molecule has 158 valence electrons. The molecule has 1 aliphatic rings. The van der Waals surface area contributed by atoms with Crippen molar-refractivity contribution in [3.63, 3.8) is 0 Å². The van der Waals surface area contributed by atoms with Crippen LogP contribution in [0.25, 0.3) is 0 Å². The first kappa shape index (κ1) is 21.3. The van der Waals surface area contributed by atoms with Crippen LogP contribution >= 0.6 is 34.5 Å². The molecule has 30 heavy (non-hydrogen) atoms. The molecule has 0 atom stereocenters. The second kappa shape index (κ2) is 7.93. The van der Waals surface area contributed by atoms with Crippen LogP contribution in [-0.4, -0.2) is 23.4 Å². The highest BCUT2D eigenvalue weighted by molar-refractivity contribution is 7.94. The van der Waals surface area contributed by atoms with Gasteiger partial charge in [-0.1, -0.05) is 29.3 Å². The van der Waals surface area contributed by atoms with Crippen molar-refractivity contribution in [3.05, 3.63) is 63.5 Å². The average Bonchev–Trinajstić information content (AvgIpc) is 3.36. The smallest absolute Gasteiger partial charge is 0.271 e. The minimum absolute atomic E-state index is 0.0184. The van der Waals surface area contributed by atoms with Crippen LogP contribution in [0, 0.1) is 0 Å². The Bertz CT molecular complexity index is 1320. The van der Waals surface area contributed by atoms with Crippen LogP contribution in [0.15, 0.2) is 56.9 Å². The van der Waals surface area contributed by atoms with E-state index in [-0.39, 0.29) is 30.5 Å². The highest BCUT2D eigenvalue weighted by Crippen LogP contribution is 2.36. The summed E-state index contributed by atoms with van der Waals surface area (Å²) in [6.45, 7) is 0.494. The van der Waals surface area contributed by atoms with Crippen molar-refractivity contribution >= 4 is 66.0 Å². The second-order valence-corrected chi connectivity index (χ2v) is 11.7. The van der Waals surface area contributed by atoms with Crippen LogP contribution in [0.3, 0.4) is 0 Å². The highest BCUT2D eigenvalue weighted by Gasteiger charge is 2.23. The first-order valence-electron chi connectivity index (χ1n) is 8.50. The summed E-state index contributed by atoms with van der Waals surface area (Å²) in [6, 6.07) is 10.1. The van der Waals surface area contributed by atoms with E-state index in [2.05, 4.69) is 9.44 Å². The van der Waals surface area contributed by atoms with Crippen molar-refractivity contribution < 1.29 is 21.6 Å². The average molecular weight is 505 g/mol. The number of rotatable bonds is 6. The van der Waals surface area contributed by atoms with E-state index in [1.165, 1.54) is 30.3 Å². The van der Waals surface area contributed by atoms with Gasteiger partial charge in [0.05, 0.1) is 32.9 Å². The lowest BCUT2D eigenvalue weighted by molar-refractivity contribution is 0.356. The molecule has 0 radical (unpaired) electrons. The number of sulfonamides is 2. The molecule has 2 N–H and O–H groups in total. The molecule has 0 bridgehead atoms. The minimum atomic E-state index is -4.04. The third-order valence-electron chi connectivity index (χ3n) is 4.28. The summed E-state index contributed by atoms with van der Waals surface area (Å²) < 4.78 is 61.3. The Balaban J connectivity index is 1.71. The zero-order valence-corrected chi connectivity index (χ0v) is 19.0. The van der Waals surface area contributed by atoms with E-state index in [1.807, 2.05) is 0 Å². The third kappa shape index (κ3) is 4.23. The van der Waals surface area contributed by atoms with Gasteiger partial charge in [-0.25, -0.2) is 16.8 Å². The van der Waals surface area contributed by atoms with Crippen molar-refractivity contribution in [1.29, 1.82) is 0 Å². The Kier molecular flexibility index (Phi) is 5.62. The van der Waals surface area contributed by atoms with Crippen LogP contribution in [0.4, 0.5) is 11.4 Å². The van der Waals surface area contributed by atoms with Crippen LogP contribution in [-0.2, 0) is 26.5 Å². The van der Waals surface area contributed by atoms with Crippen LogP contribution in [0.2, 0.25) is 10.0 Å². The maximum Gasteiger partial charge on any atom is 0.271 e. The Labute approximate surface area is 187 Å². The second-order valence-electron chi connectivity index (χ2n) is 6.32. The molecule has 1 aliphatic heterocycles. The molecule has 0 saturated carbocycles. The van der Waals surface area contributed by atoms with Crippen LogP contribution in [0.1, 0.15) is 5.56 Å². The minimum Gasteiger partial charge on any atom is -0.493 e. The molecular weight excluding hydrogens is 491 g/mol. The Morgan fingerprint density at radius 1 is 0.900 bits per heavy atom. The molecule has 7 nitrogen and oxygen atoms in total. The van der Waals surface area contributed by atoms with Crippen molar-refractivity contribution in [2.45, 2.75) is 15.5 Å². The number of fused-ring (bicyclic) bond motifs is 1. The fraction of sp³-hybridized carbons (Fsp3) is 0.111. The summed E-state index contributed by atoms with van der Waals surface area (Å²) >= 11 is 13.1. The highest BCUT2D eigenvalue weighted by atomic mass is 35.5. The number of nitrogens with one attached hydrogen (secondary N) is 2. The summed E-state index contributed by atoms with van der Waals surface area (Å²) in [5.74, 6) is 0.646. The molecular formula is C18H14Cl2N2O5S3. The maximum absolute atomic E-state index is 12.9. The predicted octanol–water partition coefficient (Wildman–Crippen LogP) is 4.59. The number of benzene rings is 2. The number of halogens is 2. The van der Waals surface area contributed by atoms with Gasteiger partial charge in [0.25, 0.3) is 20.0 Å². The summed E-state index contributed by atoms with van der Waals surface area (Å²) in [7, 11) is -7.97. The zero-order chi connectivity index (χ0) is 21.5. The van der Waals surface area contributed by atoms with Gasteiger partial charge in [0, 0.05) is 6.42 Å². The molecule has 0 unspecified atom stereocenters. The Hall–Kier alpha value is -1.98. The standard InChI is InChI=1S/C18H14Cl2N2O5S3/c19-13-9-15(16(10-14(13)20)22-30(25,26)18-2-1-7-28-18)21-29(23,24)12-3-4-17-11(8-12)5-6-27-17/h1-4,7-10,21-22H,5-6H2. The SMILES string of the molecule is O=S(=O)(Nc1cc(Cl)c(Cl)cc1NS(=O)(=O)c1cccs1)c1ccc2c(c1)CCO2. The molecule has 2 aromatic carbocycles. The molecule has 4 rings (SSSR count). The normalized spacial score (nSPS) is 13.5. The van der Waals surface area contributed by atoms with Gasteiger partial charge in [-0.3, -0.25) is 9.44 Å². The van der Waals surface area contributed by atoms with E-state index in [1.54, 1.807) is 17.5 Å². The molecule has 0 fully saturated rings. The van der Waals surface area contributed by atoms with E-state index in [4.69, 9.17) is 27.9 Å². The zero-order valence-electron chi connectivity index (χ0n) is 15.1. The van der Waals surface area contributed by atoms with E-state index in [0.717, 1.165) is 16.9 Å². The van der Waals surface area contributed by atoms with Gasteiger partial charge in [0.1, 0.15) is 9.96 Å². The fourth-order valence-electron chi connectivity index (χ4n) is 2.86. The van der Waals surface area contributed by atoms with Gasteiger partial charge in [-0.05, 0) is 47.3 Å². The number of anilines is 2. The Morgan fingerprint density at radius 3 is 2.20 bits per heavy atom. The lowest BCUT2D eigenvalue weighted by Crippen LogP contribution is -2.17. The lowest BCUT2D eigenvalue weighted by atomic mass is 10.2. The molecule has 0 amide bonds. The van der Waals surface area contributed by atoms with Gasteiger partial charge >= 0.3 is 0 Å². The lowest BCUT2D eigenvalue weighted by Gasteiger charge is -2.15. The van der Waals surface area contributed by atoms with Crippen molar-refractivity contribution in [3.8, 4) is 5.75 Å². The summed E-state index contributed by atoms with van der Waals surface area (Å²) in [5.41, 5.74) is 0.679. The molecule has 2 heterocycles. The van der Waals surface area contributed by atoms with Gasteiger partial charge in [0.2, 0.25) is 0 Å². The van der Waals surface area contributed by atoms with Gasteiger partial charge in [-0.2, -0.15) is 0 Å². The van der Waals surface area contributed by atoms with Crippen molar-refractivity contribution in [1.82, 2.24) is 0 Å². The summed E-state index contributed by atoms with van der Waals surface area (Å²) in [6.07, 6.45) is 0.608. The molecule has 0 spiro atoms. The molecule has 12 heteroatoms. The Morgan fingerprint density at radius 2 is 1.57 bits per heavy atom. The maximum atomic E-state index is 12.9. The number of hydrogen-bond acceptors (Lipinski definition) is 6. The van der Waals surface area contributed by atoms with Crippen molar-refractivity contribution in [2.75, 3.05) is 16.1 Å². The predicted molar refractivity (Wildman–Crippen MR) is 118 cm³/mol. The fourth-order valence-corrected chi connectivity index (χ4v) is 6.37. The largest absolute Gasteiger partial charge is 0.493 e. The van der Waals surface area contributed by atoms with Crippen LogP contribution in [0.5, 0.6) is 5.75 Å². The third-order valence-corrected chi connectivity index (χ3v) is 9.13. The van der Waals surface area contributed by atoms with Gasteiger partial charge in [0.15, 0.2) is 0 Å². The monoisotopic (exact) mass is 504 g/mol. The quantitative estimate of drug-likeness (QED) is 0.510. The van der Waals surface area contributed by atoms with Gasteiger partial charge in [-0.15, -0.1) is 11.3 Å². The molecule has 3 aromatic rings. The van der Waals surface area contributed by atoms with E-state index in [0.29, 0.717) is 18.8 Å². The van der Waals surface area contributed by atoms with E-state index in [9.17, 15) is 16.8 Å². The number of thiophene rings is 1. The van der Waals surface area contributed by atoms with Gasteiger partial charge < -0.3 is 4.74 Å². The molecule has 1 aromatic heterocycles. The first-order chi connectivity index (χ1) is 14.2. The summed E-state index contributed by atoms with van der Waals surface area (Å²) in [4.78, 5) is 0.0184. The van der Waals surface area contributed by atoms with Crippen LogP contribution < -0.4 is 14.2 Å². The summed E-state index contributed by atoms with van der Waals surface area (Å²) in [5, 5.41) is 1.75. The topological polar surface area (TPSA) is 102 Å². The molecule has 0 saturated heterocycles.